The molecule has 0 amide bonds. The van der Waals surface area contributed by atoms with Crippen LogP contribution < -0.4 is 0 Å². The Kier molecular flexibility index (Phi) is 4.60. The zero-order valence-corrected chi connectivity index (χ0v) is 9.88. The summed E-state index contributed by atoms with van der Waals surface area (Å²) in [5.41, 5.74) is 1.27. The fourth-order valence-electron chi connectivity index (χ4n) is 1.79. The van der Waals surface area contributed by atoms with E-state index in [0.717, 1.165) is 31.4 Å². The second kappa shape index (κ2) is 5.74. The average molecular weight is 208 g/mol. The van der Waals surface area contributed by atoms with Crippen LogP contribution in [0.3, 0.4) is 0 Å². The zero-order chi connectivity index (χ0) is 11.3. The van der Waals surface area contributed by atoms with Gasteiger partial charge in [0.05, 0.1) is 5.92 Å². The summed E-state index contributed by atoms with van der Waals surface area (Å²) >= 11 is 0. The van der Waals surface area contributed by atoms with E-state index in [2.05, 4.69) is 20.8 Å². The number of esters is 1. The van der Waals surface area contributed by atoms with Gasteiger partial charge in [0.1, 0.15) is 5.76 Å². The summed E-state index contributed by atoms with van der Waals surface area (Å²) in [4.78, 5) is 11.4. The van der Waals surface area contributed by atoms with Crippen molar-refractivity contribution in [2.75, 3.05) is 0 Å². The molecule has 0 saturated carbocycles. The molecule has 0 aromatic heterocycles. The van der Waals surface area contributed by atoms with E-state index in [4.69, 9.17) is 4.74 Å². The van der Waals surface area contributed by atoms with Crippen molar-refractivity contribution in [3.05, 3.63) is 23.5 Å². The number of rotatable bonds is 5. The number of ether oxygens (including phenoxy) is 1. The van der Waals surface area contributed by atoms with E-state index in [-0.39, 0.29) is 11.9 Å². The molecule has 2 nitrogen and oxygen atoms in total. The third-order valence-electron chi connectivity index (χ3n) is 2.52. The molecule has 0 radical (unpaired) electrons. The lowest BCUT2D eigenvalue weighted by Gasteiger charge is -2.00. The van der Waals surface area contributed by atoms with Crippen LogP contribution in [0.2, 0.25) is 0 Å². The molecule has 0 aromatic carbocycles. The molecule has 1 aliphatic heterocycles. The van der Waals surface area contributed by atoms with E-state index in [1.165, 1.54) is 5.57 Å². The Morgan fingerprint density at radius 1 is 1.47 bits per heavy atom. The minimum Gasteiger partial charge on any atom is -0.426 e. The van der Waals surface area contributed by atoms with Gasteiger partial charge in [-0.3, -0.25) is 4.79 Å². The summed E-state index contributed by atoms with van der Waals surface area (Å²) in [5.74, 6) is 0.632. The van der Waals surface area contributed by atoms with Gasteiger partial charge in [0.15, 0.2) is 0 Å². The summed E-state index contributed by atoms with van der Waals surface area (Å²) in [6.07, 6.45) is 8.03. The summed E-state index contributed by atoms with van der Waals surface area (Å²) in [5, 5.41) is 0. The molecular formula is C13H20O2. The Hall–Kier alpha value is -1.05. The van der Waals surface area contributed by atoms with Crippen molar-refractivity contribution in [1.82, 2.24) is 0 Å². The molecule has 84 valence electrons. The molecule has 0 fully saturated rings. The van der Waals surface area contributed by atoms with E-state index in [9.17, 15) is 4.79 Å². The molecule has 1 atom stereocenters. The fraction of sp³-hybridized carbons (Fsp3) is 0.615. The quantitative estimate of drug-likeness (QED) is 0.645. The fourth-order valence-corrected chi connectivity index (χ4v) is 1.79. The number of hydrogen-bond acceptors (Lipinski definition) is 2. The lowest BCUT2D eigenvalue weighted by atomic mass is 10.0. The van der Waals surface area contributed by atoms with Gasteiger partial charge in [-0.1, -0.05) is 32.3 Å². The molecule has 1 aliphatic rings. The third kappa shape index (κ3) is 3.54. The van der Waals surface area contributed by atoms with Crippen molar-refractivity contribution in [2.45, 2.75) is 46.5 Å². The van der Waals surface area contributed by atoms with Crippen LogP contribution in [-0.4, -0.2) is 5.97 Å². The first-order valence-electron chi connectivity index (χ1n) is 5.78. The highest BCUT2D eigenvalue weighted by molar-refractivity contribution is 5.79. The van der Waals surface area contributed by atoms with Crippen molar-refractivity contribution >= 4 is 5.97 Å². The van der Waals surface area contributed by atoms with Gasteiger partial charge in [-0.15, -0.1) is 0 Å². The number of cyclic esters (lactones) is 1. The van der Waals surface area contributed by atoms with Crippen LogP contribution in [-0.2, 0) is 9.53 Å². The van der Waals surface area contributed by atoms with Crippen molar-refractivity contribution in [3.8, 4) is 0 Å². The lowest BCUT2D eigenvalue weighted by molar-refractivity contribution is -0.139. The molecule has 0 spiro atoms. The largest absolute Gasteiger partial charge is 0.426 e. The molecule has 2 heteroatoms. The van der Waals surface area contributed by atoms with E-state index in [1.54, 1.807) is 0 Å². The lowest BCUT2D eigenvalue weighted by Crippen LogP contribution is -2.07. The van der Waals surface area contributed by atoms with Crippen LogP contribution in [0.25, 0.3) is 0 Å². The topological polar surface area (TPSA) is 26.3 Å². The van der Waals surface area contributed by atoms with Gasteiger partial charge in [0.25, 0.3) is 0 Å². The van der Waals surface area contributed by atoms with Gasteiger partial charge in [-0.2, -0.15) is 0 Å². The Balaban J connectivity index is 2.61. The van der Waals surface area contributed by atoms with Crippen LogP contribution in [0.15, 0.2) is 23.5 Å². The van der Waals surface area contributed by atoms with E-state index in [0.29, 0.717) is 0 Å². The first-order chi connectivity index (χ1) is 7.17. The Morgan fingerprint density at radius 2 is 2.20 bits per heavy atom. The second-order valence-electron chi connectivity index (χ2n) is 4.13. The maximum atomic E-state index is 11.4. The molecule has 0 N–H and O–H groups in total. The van der Waals surface area contributed by atoms with Crippen LogP contribution >= 0.6 is 0 Å². The molecule has 1 rings (SSSR count). The van der Waals surface area contributed by atoms with Gasteiger partial charge in [0, 0.05) is 0 Å². The normalized spacial score (nSPS) is 21.5. The third-order valence-corrected chi connectivity index (χ3v) is 2.52. The molecule has 15 heavy (non-hydrogen) atoms. The van der Waals surface area contributed by atoms with Gasteiger partial charge in [-0.25, -0.2) is 0 Å². The van der Waals surface area contributed by atoms with Gasteiger partial charge in [0.2, 0.25) is 0 Å². The van der Waals surface area contributed by atoms with Crippen LogP contribution in [0.4, 0.5) is 0 Å². The smallest absolute Gasteiger partial charge is 0.318 e. The van der Waals surface area contributed by atoms with Crippen molar-refractivity contribution in [2.24, 2.45) is 5.92 Å². The molecule has 1 heterocycles. The second-order valence-corrected chi connectivity index (χ2v) is 4.13. The van der Waals surface area contributed by atoms with Crippen LogP contribution in [0.1, 0.15) is 46.5 Å². The molecule has 0 saturated heterocycles. The molecule has 1 unspecified atom stereocenters. The predicted molar refractivity (Wildman–Crippen MR) is 61.2 cm³/mol. The molecule has 0 bridgehead atoms. The standard InChI is InChI=1S/C13H20O2/c1-4-6-10(3)8-12-9-11(7-5-2)13(14)15-12/h8-9,11H,4-7H2,1-3H3/b10-8+. The molecule has 0 aliphatic carbocycles. The summed E-state index contributed by atoms with van der Waals surface area (Å²) < 4.78 is 5.19. The monoisotopic (exact) mass is 208 g/mol. The predicted octanol–water partition coefficient (Wildman–Crippen LogP) is 3.59. The van der Waals surface area contributed by atoms with Gasteiger partial charge >= 0.3 is 5.97 Å². The first kappa shape index (κ1) is 12.0. The van der Waals surface area contributed by atoms with Crippen LogP contribution in [0.5, 0.6) is 0 Å². The zero-order valence-electron chi connectivity index (χ0n) is 9.88. The highest BCUT2D eigenvalue weighted by Gasteiger charge is 2.24. The molecule has 0 aromatic rings. The average Bonchev–Trinajstić information content (AvgIpc) is 2.48. The van der Waals surface area contributed by atoms with Crippen molar-refractivity contribution < 1.29 is 9.53 Å². The number of carbonyl (C=O) groups is 1. The Bertz CT molecular complexity index is 287. The number of hydrogen-bond donors (Lipinski definition) is 0. The van der Waals surface area contributed by atoms with Gasteiger partial charge < -0.3 is 4.74 Å². The van der Waals surface area contributed by atoms with Crippen LogP contribution in [0, 0.1) is 5.92 Å². The van der Waals surface area contributed by atoms with Crippen molar-refractivity contribution in [3.63, 3.8) is 0 Å². The number of carbonyl (C=O) groups excluding carboxylic acids is 1. The highest BCUT2D eigenvalue weighted by atomic mass is 16.5. The summed E-state index contributed by atoms with van der Waals surface area (Å²) in [6.45, 7) is 6.30. The number of allylic oxidation sites excluding steroid dienone is 2. The highest BCUT2D eigenvalue weighted by Crippen LogP contribution is 2.24. The minimum atomic E-state index is -0.0904. The maximum Gasteiger partial charge on any atom is 0.318 e. The Morgan fingerprint density at radius 3 is 2.80 bits per heavy atom. The first-order valence-corrected chi connectivity index (χ1v) is 5.78. The minimum absolute atomic E-state index is 0.0179. The van der Waals surface area contributed by atoms with E-state index >= 15 is 0 Å². The summed E-state index contributed by atoms with van der Waals surface area (Å²) in [7, 11) is 0. The van der Waals surface area contributed by atoms with E-state index < -0.39 is 0 Å². The van der Waals surface area contributed by atoms with E-state index in [1.807, 2.05) is 12.2 Å². The Labute approximate surface area is 92.0 Å². The maximum absolute atomic E-state index is 11.4. The SMILES string of the molecule is CCC/C(C)=C/C1=CC(CCC)C(=O)O1. The molecular weight excluding hydrogens is 188 g/mol. The van der Waals surface area contributed by atoms with Crippen molar-refractivity contribution in [1.29, 1.82) is 0 Å². The van der Waals surface area contributed by atoms with Gasteiger partial charge in [-0.05, 0) is 31.9 Å². The summed E-state index contributed by atoms with van der Waals surface area (Å²) in [6, 6.07) is 0.